The molecule has 0 spiro atoms. The maximum Gasteiger partial charge on any atom is 0.343 e. The molecule has 9 nitrogen and oxygen atoms in total. The van der Waals surface area contributed by atoms with Crippen molar-refractivity contribution in [2.75, 3.05) is 13.7 Å². The first kappa shape index (κ1) is 26.6. The molecular weight excluding hydrogens is 532 g/mol. The van der Waals surface area contributed by atoms with Gasteiger partial charge < -0.3 is 19.8 Å². The van der Waals surface area contributed by atoms with Crippen molar-refractivity contribution in [2.24, 2.45) is 5.16 Å². The molecule has 3 aromatic carbocycles. The Hall–Kier alpha value is -4.41. The van der Waals surface area contributed by atoms with Crippen molar-refractivity contribution in [3.05, 3.63) is 104 Å². The molecule has 4 aromatic rings. The first-order valence-electron chi connectivity index (χ1n) is 11.2. The molecule has 194 valence electrons. The zero-order valence-electron chi connectivity index (χ0n) is 20.0. The lowest BCUT2D eigenvalue weighted by molar-refractivity contribution is -0.140. The lowest BCUT2D eigenvalue weighted by Crippen LogP contribution is -2.17. The zero-order chi connectivity index (χ0) is 27.2. The lowest BCUT2D eigenvalue weighted by atomic mass is 10.0. The van der Waals surface area contributed by atoms with Crippen LogP contribution in [0.25, 0.3) is 16.3 Å². The van der Waals surface area contributed by atoms with Crippen molar-refractivity contribution in [2.45, 2.75) is 6.54 Å². The standard InChI is InChI=1S/C27H21ClN2O7S/c1-36-29-24(17-4-7-19(28)8-5-17)18-6-11-22-23(15-18)38-27(35)30(22)12-13-37-20-9-2-16(3-10-20)14-21(25(31)32)26(33)34/h2-11,14-15H,12-13H2,1H3,(H,31,32)(H,33,34). The van der Waals surface area contributed by atoms with E-state index in [4.69, 9.17) is 31.4 Å². The molecule has 11 heteroatoms. The van der Waals surface area contributed by atoms with Crippen molar-refractivity contribution in [3.8, 4) is 5.75 Å². The van der Waals surface area contributed by atoms with Crippen LogP contribution in [0.3, 0.4) is 0 Å². The quantitative estimate of drug-likeness (QED) is 0.0955. The van der Waals surface area contributed by atoms with Gasteiger partial charge in [-0.3, -0.25) is 9.36 Å². The van der Waals surface area contributed by atoms with Gasteiger partial charge in [0.2, 0.25) is 0 Å². The summed E-state index contributed by atoms with van der Waals surface area (Å²) in [6, 6.07) is 19.1. The number of aromatic nitrogens is 1. The van der Waals surface area contributed by atoms with Gasteiger partial charge in [0.1, 0.15) is 30.8 Å². The predicted molar refractivity (Wildman–Crippen MR) is 145 cm³/mol. The van der Waals surface area contributed by atoms with Crippen molar-refractivity contribution in [1.82, 2.24) is 4.57 Å². The molecular formula is C27H21ClN2O7S. The van der Waals surface area contributed by atoms with Gasteiger partial charge in [-0.2, -0.15) is 0 Å². The largest absolute Gasteiger partial charge is 0.492 e. The smallest absolute Gasteiger partial charge is 0.343 e. The molecule has 0 aliphatic rings. The number of rotatable bonds is 10. The maximum absolute atomic E-state index is 12.7. The Labute approximate surface area is 225 Å². The molecule has 0 aliphatic carbocycles. The molecule has 0 bridgehead atoms. The maximum atomic E-state index is 12.7. The SMILES string of the molecule is CON=C(c1ccc(Cl)cc1)c1ccc2c(c1)sc(=O)n2CCOc1ccc(C=C(C(=O)O)C(=O)O)cc1. The molecule has 0 radical (unpaired) electrons. The number of aliphatic carboxylic acids is 2. The van der Waals surface area contributed by atoms with E-state index in [9.17, 15) is 14.4 Å². The van der Waals surface area contributed by atoms with Crippen LogP contribution in [0.4, 0.5) is 0 Å². The molecule has 0 amide bonds. The summed E-state index contributed by atoms with van der Waals surface area (Å²) in [7, 11) is 1.47. The topological polar surface area (TPSA) is 127 Å². The Morgan fingerprint density at radius 3 is 2.29 bits per heavy atom. The number of carboxylic acid groups (broad SMARTS) is 2. The Balaban J connectivity index is 1.48. The van der Waals surface area contributed by atoms with Crippen LogP contribution in [-0.2, 0) is 21.0 Å². The van der Waals surface area contributed by atoms with Crippen molar-refractivity contribution >= 4 is 56.9 Å². The van der Waals surface area contributed by atoms with Crippen LogP contribution in [0.2, 0.25) is 5.02 Å². The molecule has 38 heavy (non-hydrogen) atoms. The van der Waals surface area contributed by atoms with Gasteiger partial charge in [-0.15, -0.1) is 0 Å². The fourth-order valence-electron chi connectivity index (χ4n) is 3.69. The summed E-state index contributed by atoms with van der Waals surface area (Å²) < 4.78 is 8.16. The zero-order valence-corrected chi connectivity index (χ0v) is 21.5. The Morgan fingerprint density at radius 1 is 1.00 bits per heavy atom. The second-order valence-corrected chi connectivity index (χ2v) is 9.35. The van der Waals surface area contributed by atoms with Gasteiger partial charge in [0.05, 0.1) is 16.8 Å². The summed E-state index contributed by atoms with van der Waals surface area (Å²) in [5, 5.41) is 22.7. The number of carbonyl (C=O) groups is 2. The number of fused-ring (bicyclic) bond motifs is 1. The van der Waals surface area contributed by atoms with Crippen LogP contribution in [0.1, 0.15) is 16.7 Å². The van der Waals surface area contributed by atoms with Crippen molar-refractivity contribution < 1.29 is 29.4 Å². The fraction of sp³-hybridized carbons (Fsp3) is 0.111. The number of oxime groups is 1. The highest BCUT2D eigenvalue weighted by Crippen LogP contribution is 2.23. The average Bonchev–Trinajstić information content (AvgIpc) is 3.21. The summed E-state index contributed by atoms with van der Waals surface area (Å²) in [5.41, 5.74) is 2.64. The summed E-state index contributed by atoms with van der Waals surface area (Å²) in [5.74, 6) is -2.55. The predicted octanol–water partition coefficient (Wildman–Crippen LogP) is 4.75. The second-order valence-electron chi connectivity index (χ2n) is 7.92. The highest BCUT2D eigenvalue weighted by molar-refractivity contribution is 7.16. The average molecular weight is 553 g/mol. The van der Waals surface area contributed by atoms with E-state index < -0.39 is 17.5 Å². The number of nitrogens with zero attached hydrogens (tertiary/aromatic N) is 2. The monoisotopic (exact) mass is 552 g/mol. The highest BCUT2D eigenvalue weighted by Gasteiger charge is 2.16. The summed E-state index contributed by atoms with van der Waals surface area (Å²) >= 11 is 7.12. The molecule has 0 saturated heterocycles. The molecule has 2 N–H and O–H groups in total. The number of carboxylic acids is 2. The first-order chi connectivity index (χ1) is 18.3. The number of benzene rings is 3. The van der Waals surface area contributed by atoms with Crippen molar-refractivity contribution in [1.29, 1.82) is 0 Å². The van der Waals surface area contributed by atoms with Crippen LogP contribution < -0.4 is 9.61 Å². The van der Waals surface area contributed by atoms with Gasteiger partial charge in [0.15, 0.2) is 0 Å². The van der Waals surface area contributed by atoms with E-state index in [0.717, 1.165) is 38.8 Å². The molecule has 1 heterocycles. The summed E-state index contributed by atoms with van der Waals surface area (Å²) in [6.07, 6.45) is 1.06. The molecule has 1 aromatic heterocycles. The van der Waals surface area contributed by atoms with Gasteiger partial charge in [-0.1, -0.05) is 58.4 Å². The van der Waals surface area contributed by atoms with Crippen LogP contribution >= 0.6 is 22.9 Å². The van der Waals surface area contributed by atoms with Gasteiger partial charge in [-0.25, -0.2) is 9.59 Å². The number of hydrogen-bond donors (Lipinski definition) is 2. The molecule has 0 atom stereocenters. The Kier molecular flexibility index (Phi) is 8.25. The number of thiazole rings is 1. The summed E-state index contributed by atoms with van der Waals surface area (Å²) in [4.78, 5) is 39.7. The van der Waals surface area contributed by atoms with E-state index in [1.54, 1.807) is 41.0 Å². The molecule has 0 unspecified atom stereocenters. The normalized spacial score (nSPS) is 11.3. The minimum atomic E-state index is -1.52. The van der Waals surface area contributed by atoms with E-state index in [1.165, 1.54) is 7.11 Å². The molecule has 0 saturated carbocycles. The number of hydrogen-bond acceptors (Lipinski definition) is 7. The third-order valence-corrected chi connectivity index (χ3v) is 6.67. The van der Waals surface area contributed by atoms with E-state index in [0.29, 0.717) is 28.6 Å². The van der Waals surface area contributed by atoms with Gasteiger partial charge in [-0.05, 0) is 48.0 Å². The minimum absolute atomic E-state index is 0.132. The molecule has 0 fully saturated rings. The lowest BCUT2D eigenvalue weighted by Gasteiger charge is -2.09. The fourth-order valence-corrected chi connectivity index (χ4v) is 4.78. The summed E-state index contributed by atoms with van der Waals surface area (Å²) in [6.45, 7) is 0.511. The third-order valence-electron chi connectivity index (χ3n) is 5.48. The van der Waals surface area contributed by atoms with E-state index in [2.05, 4.69) is 5.16 Å². The second kappa shape index (κ2) is 11.8. The minimum Gasteiger partial charge on any atom is -0.492 e. The van der Waals surface area contributed by atoms with Crippen molar-refractivity contribution in [3.63, 3.8) is 0 Å². The Bertz CT molecular complexity index is 1590. The van der Waals surface area contributed by atoms with Crippen LogP contribution in [0.15, 0.2) is 82.3 Å². The highest BCUT2D eigenvalue weighted by atomic mass is 35.5. The Morgan fingerprint density at radius 2 is 1.66 bits per heavy atom. The van der Waals surface area contributed by atoms with E-state index in [-0.39, 0.29) is 11.5 Å². The third kappa shape index (κ3) is 6.10. The number of halogens is 1. The van der Waals surface area contributed by atoms with E-state index >= 15 is 0 Å². The first-order valence-corrected chi connectivity index (χ1v) is 12.4. The molecule has 0 aliphatic heterocycles. The van der Waals surface area contributed by atoms with Gasteiger partial charge in [0, 0.05) is 16.1 Å². The number of ether oxygens (including phenoxy) is 1. The van der Waals surface area contributed by atoms with E-state index in [1.807, 2.05) is 30.3 Å². The van der Waals surface area contributed by atoms with Gasteiger partial charge in [0.25, 0.3) is 0 Å². The molecule has 4 rings (SSSR count). The van der Waals surface area contributed by atoms with Crippen LogP contribution in [0.5, 0.6) is 5.75 Å². The van der Waals surface area contributed by atoms with Crippen LogP contribution in [-0.4, -0.2) is 46.1 Å². The van der Waals surface area contributed by atoms with Crippen LogP contribution in [0, 0.1) is 0 Å². The van der Waals surface area contributed by atoms with Gasteiger partial charge >= 0.3 is 16.8 Å².